The molecule has 3 rings (SSSR count). The van der Waals surface area contributed by atoms with E-state index in [-0.39, 0.29) is 24.3 Å². The highest BCUT2D eigenvalue weighted by atomic mass is 19.1. The second-order valence-electron chi connectivity index (χ2n) is 8.67. The van der Waals surface area contributed by atoms with Gasteiger partial charge in [-0.15, -0.1) is 0 Å². The summed E-state index contributed by atoms with van der Waals surface area (Å²) in [5, 5.41) is 7.01. The fourth-order valence-electron chi connectivity index (χ4n) is 4.39. The fourth-order valence-corrected chi connectivity index (χ4v) is 4.39. The zero-order valence-corrected chi connectivity index (χ0v) is 19.1. The highest BCUT2D eigenvalue weighted by Crippen LogP contribution is 2.21. The molecular formula is C23H37FN6O. The van der Waals surface area contributed by atoms with Crippen molar-refractivity contribution in [1.29, 1.82) is 0 Å². The van der Waals surface area contributed by atoms with Crippen LogP contribution in [0.25, 0.3) is 0 Å². The molecule has 0 radical (unpaired) electrons. The average molecular weight is 433 g/mol. The van der Waals surface area contributed by atoms with E-state index in [9.17, 15) is 9.18 Å². The van der Waals surface area contributed by atoms with E-state index in [1.54, 1.807) is 31.1 Å². The summed E-state index contributed by atoms with van der Waals surface area (Å²) < 4.78 is 13.7. The van der Waals surface area contributed by atoms with Crippen molar-refractivity contribution in [2.75, 3.05) is 58.3 Å². The molecule has 2 fully saturated rings. The number of likely N-dealkylation sites (N-methyl/N-ethyl adjacent to an activating group) is 2. The van der Waals surface area contributed by atoms with Crippen LogP contribution in [-0.4, -0.2) is 87.1 Å². The van der Waals surface area contributed by atoms with Crippen molar-refractivity contribution in [2.45, 2.75) is 44.7 Å². The van der Waals surface area contributed by atoms with Crippen molar-refractivity contribution < 1.29 is 9.18 Å². The predicted octanol–water partition coefficient (Wildman–Crippen LogP) is 1.90. The Morgan fingerprint density at radius 3 is 2.81 bits per heavy atom. The number of hydrogen-bond acceptors (Lipinski definition) is 4. The summed E-state index contributed by atoms with van der Waals surface area (Å²) in [5.74, 6) is 0.446. The Hall–Kier alpha value is -2.35. The maximum absolute atomic E-state index is 13.7. The molecule has 2 saturated heterocycles. The number of carbonyl (C=O) groups excluding carboxylic acids is 1. The summed E-state index contributed by atoms with van der Waals surface area (Å²) in [6, 6.07) is 7.45. The second-order valence-corrected chi connectivity index (χ2v) is 8.67. The fraction of sp³-hybridized carbons (Fsp3) is 0.652. The molecule has 1 amide bonds. The van der Waals surface area contributed by atoms with Gasteiger partial charge in [0.2, 0.25) is 5.91 Å². The number of halogens is 1. The van der Waals surface area contributed by atoms with Gasteiger partial charge in [-0.2, -0.15) is 0 Å². The van der Waals surface area contributed by atoms with E-state index in [4.69, 9.17) is 0 Å². The van der Waals surface area contributed by atoms with Crippen molar-refractivity contribution in [3.05, 3.63) is 30.1 Å². The Kier molecular flexibility index (Phi) is 8.51. The van der Waals surface area contributed by atoms with E-state index >= 15 is 0 Å². The number of amides is 1. The number of nitrogens with one attached hydrogen (secondary N) is 2. The van der Waals surface area contributed by atoms with Crippen LogP contribution in [0.4, 0.5) is 10.1 Å². The van der Waals surface area contributed by atoms with Gasteiger partial charge in [-0.1, -0.05) is 13.0 Å². The number of aliphatic imine (C=N–C) groups is 1. The van der Waals surface area contributed by atoms with Crippen LogP contribution in [0, 0.1) is 5.82 Å². The molecule has 7 nitrogen and oxygen atoms in total. The zero-order valence-electron chi connectivity index (χ0n) is 19.1. The number of benzene rings is 1. The maximum Gasteiger partial charge on any atom is 0.243 e. The summed E-state index contributed by atoms with van der Waals surface area (Å²) in [6.07, 6.45) is 4.44. The standard InChI is InChI=1S/C23H37FN6O/c1-4-29-12-7-11-21(29)15-25-23(26-16-22(31)28(2)3)27-19-9-6-13-30(17-19)20-10-5-8-18(24)14-20/h5,8,10,14,19,21H,4,6-7,9,11-13,15-17H2,1-3H3,(H2,25,26,27). The normalized spacial score (nSPS) is 22.5. The van der Waals surface area contributed by atoms with Crippen LogP contribution in [0.3, 0.4) is 0 Å². The number of piperidine rings is 1. The van der Waals surface area contributed by atoms with Crippen LogP contribution >= 0.6 is 0 Å². The SMILES string of the molecule is CCN1CCCC1CNC(=NCC(=O)N(C)C)NC1CCCN(c2cccc(F)c2)C1. The molecule has 0 saturated carbocycles. The lowest BCUT2D eigenvalue weighted by Crippen LogP contribution is -2.53. The molecule has 0 spiro atoms. The molecule has 2 unspecified atom stereocenters. The molecule has 172 valence electrons. The van der Waals surface area contributed by atoms with Gasteiger partial charge in [-0.25, -0.2) is 9.38 Å². The number of guanidine groups is 1. The minimum Gasteiger partial charge on any atom is -0.369 e. The van der Waals surface area contributed by atoms with E-state index in [0.29, 0.717) is 12.0 Å². The van der Waals surface area contributed by atoms with E-state index in [2.05, 4.69) is 32.3 Å². The number of nitrogens with zero attached hydrogens (tertiary/aromatic N) is 4. The first-order valence-electron chi connectivity index (χ1n) is 11.5. The Bertz CT molecular complexity index is 755. The molecule has 2 aliphatic heterocycles. The first-order chi connectivity index (χ1) is 15.0. The number of likely N-dealkylation sites (tertiary alicyclic amines) is 1. The lowest BCUT2D eigenvalue weighted by molar-refractivity contribution is -0.127. The monoisotopic (exact) mass is 432 g/mol. The molecule has 8 heteroatoms. The Balaban J connectivity index is 1.63. The van der Waals surface area contributed by atoms with Crippen molar-refractivity contribution in [3.8, 4) is 0 Å². The van der Waals surface area contributed by atoms with E-state index in [1.807, 2.05) is 6.07 Å². The Morgan fingerprint density at radius 1 is 1.26 bits per heavy atom. The number of anilines is 1. The van der Waals surface area contributed by atoms with Crippen LogP contribution < -0.4 is 15.5 Å². The van der Waals surface area contributed by atoms with Gasteiger partial charge < -0.3 is 20.4 Å². The van der Waals surface area contributed by atoms with Gasteiger partial charge in [0, 0.05) is 51.5 Å². The minimum absolute atomic E-state index is 0.0258. The van der Waals surface area contributed by atoms with E-state index < -0.39 is 0 Å². The number of rotatable bonds is 7. The minimum atomic E-state index is -0.212. The Morgan fingerprint density at radius 2 is 2.06 bits per heavy atom. The van der Waals surface area contributed by atoms with Gasteiger partial charge in [0.05, 0.1) is 0 Å². The topological polar surface area (TPSA) is 63.2 Å². The molecule has 2 atom stereocenters. The van der Waals surface area contributed by atoms with E-state index in [1.165, 1.54) is 18.9 Å². The molecule has 1 aromatic rings. The molecule has 2 aliphatic rings. The quantitative estimate of drug-likeness (QED) is 0.509. The van der Waals surface area contributed by atoms with Crippen LogP contribution in [0.5, 0.6) is 0 Å². The average Bonchev–Trinajstić information content (AvgIpc) is 3.23. The van der Waals surface area contributed by atoms with Crippen molar-refractivity contribution in [2.24, 2.45) is 4.99 Å². The summed E-state index contributed by atoms with van der Waals surface area (Å²) in [7, 11) is 3.49. The van der Waals surface area contributed by atoms with Gasteiger partial charge in [0.1, 0.15) is 12.4 Å². The third-order valence-corrected chi connectivity index (χ3v) is 6.22. The smallest absolute Gasteiger partial charge is 0.243 e. The van der Waals surface area contributed by atoms with Crippen LogP contribution in [0.15, 0.2) is 29.3 Å². The lowest BCUT2D eigenvalue weighted by atomic mass is 10.0. The summed E-state index contributed by atoms with van der Waals surface area (Å²) in [5.41, 5.74) is 0.908. The second kappa shape index (κ2) is 11.3. The molecule has 2 N–H and O–H groups in total. The van der Waals surface area contributed by atoms with Gasteiger partial charge in [0.25, 0.3) is 0 Å². The van der Waals surface area contributed by atoms with Crippen molar-refractivity contribution >= 4 is 17.6 Å². The summed E-state index contributed by atoms with van der Waals surface area (Å²) in [6.45, 7) is 7.01. The van der Waals surface area contributed by atoms with Crippen molar-refractivity contribution in [1.82, 2.24) is 20.4 Å². The van der Waals surface area contributed by atoms with Crippen molar-refractivity contribution in [3.63, 3.8) is 0 Å². The molecule has 2 heterocycles. The van der Waals surface area contributed by atoms with Crippen LogP contribution in [0.1, 0.15) is 32.6 Å². The third-order valence-electron chi connectivity index (χ3n) is 6.22. The summed E-state index contributed by atoms with van der Waals surface area (Å²) >= 11 is 0. The van der Waals surface area contributed by atoms with Crippen LogP contribution in [0.2, 0.25) is 0 Å². The number of hydrogen-bond donors (Lipinski definition) is 2. The molecule has 0 aromatic heterocycles. The van der Waals surface area contributed by atoms with E-state index in [0.717, 1.165) is 51.3 Å². The van der Waals surface area contributed by atoms with Gasteiger partial charge >= 0.3 is 0 Å². The van der Waals surface area contributed by atoms with Gasteiger partial charge in [-0.3, -0.25) is 9.69 Å². The molecule has 0 bridgehead atoms. The lowest BCUT2D eigenvalue weighted by Gasteiger charge is -2.35. The van der Waals surface area contributed by atoms with Gasteiger partial charge in [0.15, 0.2) is 5.96 Å². The largest absolute Gasteiger partial charge is 0.369 e. The first-order valence-corrected chi connectivity index (χ1v) is 11.5. The summed E-state index contributed by atoms with van der Waals surface area (Å²) in [4.78, 5) is 22.9. The molecule has 31 heavy (non-hydrogen) atoms. The Labute approximate surface area is 185 Å². The maximum atomic E-state index is 13.7. The molecule has 1 aromatic carbocycles. The van der Waals surface area contributed by atoms with Gasteiger partial charge in [-0.05, 0) is 57.0 Å². The third kappa shape index (κ3) is 6.82. The zero-order chi connectivity index (χ0) is 22.2. The highest BCUT2D eigenvalue weighted by Gasteiger charge is 2.25. The first kappa shape index (κ1) is 23.3. The molecule has 0 aliphatic carbocycles. The number of carbonyl (C=O) groups is 1. The van der Waals surface area contributed by atoms with Crippen LogP contribution in [-0.2, 0) is 4.79 Å². The highest BCUT2D eigenvalue weighted by molar-refractivity contribution is 5.85. The molecular weight excluding hydrogens is 395 g/mol. The predicted molar refractivity (Wildman–Crippen MR) is 124 cm³/mol.